The summed E-state index contributed by atoms with van der Waals surface area (Å²) in [5, 5.41) is 3.22. The van der Waals surface area contributed by atoms with E-state index in [0.29, 0.717) is 23.9 Å². The average molecular weight is 414 g/mol. The van der Waals surface area contributed by atoms with Crippen LogP contribution in [0.25, 0.3) is 0 Å². The van der Waals surface area contributed by atoms with Crippen molar-refractivity contribution in [1.82, 2.24) is 10.2 Å². The smallest absolute Gasteiger partial charge is 0.256 e. The Morgan fingerprint density at radius 3 is 2.66 bits per heavy atom. The van der Waals surface area contributed by atoms with Crippen molar-refractivity contribution in [1.29, 1.82) is 0 Å². The lowest BCUT2D eigenvalue weighted by atomic mass is 9.83. The number of sulfonamides is 1. The van der Waals surface area contributed by atoms with Gasteiger partial charge in [-0.05, 0) is 30.1 Å². The SMILES string of the molecule is O=C(NC(CC1CCCCC1)c1ccccc1)C1=CN2CCS(=O)(=O)N=C2C=C1. The minimum Gasteiger partial charge on any atom is -0.345 e. The lowest BCUT2D eigenvalue weighted by molar-refractivity contribution is -0.118. The van der Waals surface area contributed by atoms with E-state index in [4.69, 9.17) is 0 Å². The molecule has 7 heteroatoms. The summed E-state index contributed by atoms with van der Waals surface area (Å²) in [5.74, 6) is 0.827. The van der Waals surface area contributed by atoms with Crippen LogP contribution in [0.1, 0.15) is 50.1 Å². The van der Waals surface area contributed by atoms with Crippen molar-refractivity contribution in [2.24, 2.45) is 10.3 Å². The first kappa shape index (κ1) is 19.9. The van der Waals surface area contributed by atoms with E-state index < -0.39 is 10.0 Å². The van der Waals surface area contributed by atoms with E-state index in [1.54, 1.807) is 23.3 Å². The van der Waals surface area contributed by atoms with Gasteiger partial charge in [0.25, 0.3) is 15.9 Å². The molecule has 0 radical (unpaired) electrons. The van der Waals surface area contributed by atoms with Crippen molar-refractivity contribution >= 4 is 21.8 Å². The van der Waals surface area contributed by atoms with Gasteiger partial charge in [0.05, 0.1) is 17.4 Å². The highest BCUT2D eigenvalue weighted by Crippen LogP contribution is 2.32. The summed E-state index contributed by atoms with van der Waals surface area (Å²) in [7, 11) is -3.40. The summed E-state index contributed by atoms with van der Waals surface area (Å²) in [6.07, 6.45) is 12.2. The van der Waals surface area contributed by atoms with Crippen LogP contribution in [-0.2, 0) is 14.8 Å². The summed E-state index contributed by atoms with van der Waals surface area (Å²) in [6, 6.07) is 10.1. The Labute approximate surface area is 172 Å². The Hall–Kier alpha value is -2.41. The number of nitrogens with zero attached hydrogens (tertiary/aromatic N) is 2. The van der Waals surface area contributed by atoms with Gasteiger partial charge in [-0.2, -0.15) is 0 Å². The lowest BCUT2D eigenvalue weighted by Gasteiger charge is -2.29. The molecule has 1 fully saturated rings. The molecular weight excluding hydrogens is 386 g/mol. The van der Waals surface area contributed by atoms with E-state index >= 15 is 0 Å². The van der Waals surface area contributed by atoms with Crippen LogP contribution in [0.15, 0.2) is 58.7 Å². The monoisotopic (exact) mass is 413 g/mol. The largest absolute Gasteiger partial charge is 0.345 e. The first-order valence-electron chi connectivity index (χ1n) is 10.4. The Balaban J connectivity index is 1.49. The molecule has 0 saturated heterocycles. The third-order valence-corrected chi connectivity index (χ3v) is 7.05. The number of amidine groups is 1. The molecular formula is C22H27N3O3S. The number of fused-ring (bicyclic) bond motifs is 1. The number of carbonyl (C=O) groups is 1. The Kier molecular flexibility index (Phi) is 5.85. The van der Waals surface area contributed by atoms with Gasteiger partial charge in [0.15, 0.2) is 0 Å². The van der Waals surface area contributed by atoms with Crippen LogP contribution in [-0.4, -0.2) is 37.4 Å². The number of nitrogens with one attached hydrogen (secondary N) is 1. The van der Waals surface area contributed by atoms with Crippen LogP contribution < -0.4 is 5.32 Å². The molecule has 2 heterocycles. The second kappa shape index (κ2) is 8.53. The standard InChI is InChI=1S/C22H27N3O3S/c26-22(19-11-12-21-24-29(27,28)14-13-25(21)16-19)23-20(18-9-5-2-6-10-18)15-17-7-3-1-4-8-17/h2,5-6,9-12,16-17,20H,1,3-4,7-8,13-15H2,(H,23,26). The van der Waals surface area contributed by atoms with E-state index in [0.717, 1.165) is 12.0 Å². The highest BCUT2D eigenvalue weighted by molar-refractivity contribution is 7.90. The third kappa shape index (κ3) is 4.96. The lowest BCUT2D eigenvalue weighted by Crippen LogP contribution is -2.38. The van der Waals surface area contributed by atoms with E-state index in [9.17, 15) is 13.2 Å². The molecule has 1 atom stereocenters. The number of amides is 1. The number of benzene rings is 1. The molecule has 4 rings (SSSR count). The van der Waals surface area contributed by atoms with Crippen LogP contribution in [0, 0.1) is 5.92 Å². The quantitative estimate of drug-likeness (QED) is 0.803. The zero-order valence-corrected chi connectivity index (χ0v) is 17.3. The third-order valence-electron chi connectivity index (χ3n) is 5.89. The van der Waals surface area contributed by atoms with Crippen molar-refractivity contribution in [2.45, 2.75) is 44.6 Å². The number of carbonyl (C=O) groups excluding carboxylic acids is 1. The summed E-state index contributed by atoms with van der Waals surface area (Å²) in [5.41, 5.74) is 1.64. The topological polar surface area (TPSA) is 78.8 Å². The molecule has 6 nitrogen and oxygen atoms in total. The summed E-state index contributed by atoms with van der Waals surface area (Å²) in [6.45, 7) is 0.312. The van der Waals surface area contributed by atoms with Gasteiger partial charge in [0.2, 0.25) is 0 Å². The molecule has 1 saturated carbocycles. The van der Waals surface area contributed by atoms with Gasteiger partial charge in [-0.1, -0.05) is 62.4 Å². The van der Waals surface area contributed by atoms with Gasteiger partial charge in [0.1, 0.15) is 5.84 Å². The zero-order valence-electron chi connectivity index (χ0n) is 16.5. The maximum atomic E-state index is 13.0. The Morgan fingerprint density at radius 1 is 1.14 bits per heavy atom. The normalized spacial score (nSPS) is 22.3. The molecule has 0 aromatic heterocycles. The fraction of sp³-hybridized carbons (Fsp3) is 0.455. The average Bonchev–Trinajstić information content (AvgIpc) is 2.73. The van der Waals surface area contributed by atoms with E-state index in [-0.39, 0.29) is 17.7 Å². The first-order valence-corrected chi connectivity index (χ1v) is 12.0. The fourth-order valence-corrected chi connectivity index (χ4v) is 5.27. The maximum absolute atomic E-state index is 13.0. The highest BCUT2D eigenvalue weighted by Gasteiger charge is 2.27. The van der Waals surface area contributed by atoms with Crippen LogP contribution >= 0.6 is 0 Å². The van der Waals surface area contributed by atoms with Crippen molar-refractivity contribution < 1.29 is 13.2 Å². The Morgan fingerprint density at radius 2 is 1.90 bits per heavy atom. The van der Waals surface area contributed by atoms with Crippen molar-refractivity contribution in [3.8, 4) is 0 Å². The molecule has 1 aromatic rings. The van der Waals surface area contributed by atoms with Crippen molar-refractivity contribution in [3.63, 3.8) is 0 Å². The van der Waals surface area contributed by atoms with Crippen molar-refractivity contribution in [3.05, 3.63) is 59.8 Å². The maximum Gasteiger partial charge on any atom is 0.256 e. The fourth-order valence-electron chi connectivity index (χ4n) is 4.30. The van der Waals surface area contributed by atoms with E-state index in [1.165, 1.54) is 32.1 Å². The molecule has 3 aliphatic rings. The van der Waals surface area contributed by atoms with Gasteiger partial charge in [-0.15, -0.1) is 4.40 Å². The molecule has 154 valence electrons. The number of hydrogen-bond donors (Lipinski definition) is 1. The summed E-state index contributed by atoms with van der Waals surface area (Å²) < 4.78 is 27.1. The molecule has 1 unspecified atom stereocenters. The van der Waals surface area contributed by atoms with Gasteiger partial charge >= 0.3 is 0 Å². The van der Waals surface area contributed by atoms with Gasteiger partial charge in [-0.3, -0.25) is 4.79 Å². The molecule has 2 aliphatic heterocycles. The van der Waals surface area contributed by atoms with Crippen LogP contribution in [0.4, 0.5) is 0 Å². The Bertz CT molecular complexity index is 945. The predicted octanol–water partition coefficient (Wildman–Crippen LogP) is 3.31. The second-order valence-electron chi connectivity index (χ2n) is 8.02. The molecule has 0 bridgehead atoms. The second-order valence-corrected chi connectivity index (χ2v) is 9.78. The number of rotatable bonds is 5. The molecule has 1 aromatic carbocycles. The minimum absolute atomic E-state index is 0.0297. The van der Waals surface area contributed by atoms with Gasteiger partial charge in [0, 0.05) is 12.7 Å². The van der Waals surface area contributed by atoms with Crippen LogP contribution in [0.2, 0.25) is 0 Å². The molecule has 1 N–H and O–H groups in total. The van der Waals surface area contributed by atoms with Crippen LogP contribution in [0.3, 0.4) is 0 Å². The molecule has 0 spiro atoms. The molecule has 29 heavy (non-hydrogen) atoms. The predicted molar refractivity (Wildman–Crippen MR) is 114 cm³/mol. The number of hydrogen-bond acceptors (Lipinski definition) is 4. The first-order chi connectivity index (χ1) is 14.0. The molecule has 1 amide bonds. The summed E-state index contributed by atoms with van der Waals surface area (Å²) >= 11 is 0. The van der Waals surface area contributed by atoms with Crippen molar-refractivity contribution in [2.75, 3.05) is 12.3 Å². The summed E-state index contributed by atoms with van der Waals surface area (Å²) in [4.78, 5) is 14.7. The molecule has 1 aliphatic carbocycles. The zero-order chi connectivity index (χ0) is 20.3. The highest BCUT2D eigenvalue weighted by atomic mass is 32.2. The van der Waals surface area contributed by atoms with Gasteiger partial charge in [-0.25, -0.2) is 8.42 Å². The van der Waals surface area contributed by atoms with E-state index in [2.05, 4.69) is 21.8 Å². The minimum atomic E-state index is -3.40. The van der Waals surface area contributed by atoms with Gasteiger partial charge < -0.3 is 10.2 Å². The van der Waals surface area contributed by atoms with Crippen LogP contribution in [0.5, 0.6) is 0 Å². The van der Waals surface area contributed by atoms with E-state index in [1.807, 2.05) is 18.2 Å².